The van der Waals surface area contributed by atoms with Crippen LogP contribution in [0.2, 0.25) is 12.1 Å². The lowest BCUT2D eigenvalue weighted by Crippen LogP contribution is -2.21. The molecule has 0 fully saturated rings. The minimum absolute atomic E-state index is 0.642. The lowest BCUT2D eigenvalue weighted by Gasteiger charge is -2.16. The Balaban J connectivity index is 2.37. The van der Waals surface area contributed by atoms with E-state index in [1.807, 2.05) is 6.07 Å². The third kappa shape index (κ3) is 6.85. The maximum atomic E-state index is 6.21. The van der Waals surface area contributed by atoms with Gasteiger partial charge >= 0.3 is 0 Å². The van der Waals surface area contributed by atoms with Crippen molar-refractivity contribution < 1.29 is 4.43 Å². The van der Waals surface area contributed by atoms with E-state index in [4.69, 9.17) is 4.43 Å². The zero-order chi connectivity index (χ0) is 13.1. The van der Waals surface area contributed by atoms with Gasteiger partial charge in [-0.05, 0) is 24.2 Å². The molecular weight excluding hydrogens is 236 g/mol. The zero-order valence-corrected chi connectivity index (χ0v) is 13.0. The Morgan fingerprint density at radius 2 is 1.39 bits per heavy atom. The van der Waals surface area contributed by atoms with Gasteiger partial charge in [0.15, 0.2) is 0 Å². The van der Waals surface area contributed by atoms with Crippen LogP contribution in [0.1, 0.15) is 52.4 Å². The Kier molecular flexibility index (Phi) is 8.66. The normalized spacial score (nSPS) is 10.8. The molecule has 0 spiro atoms. The fourth-order valence-electron chi connectivity index (χ4n) is 2.03. The van der Waals surface area contributed by atoms with Crippen molar-refractivity contribution in [3.8, 4) is 5.75 Å². The Hall–Kier alpha value is -0.763. The Morgan fingerprint density at radius 3 is 1.89 bits per heavy atom. The molecular formula is C16H27OSi. The van der Waals surface area contributed by atoms with Gasteiger partial charge in [0.25, 0.3) is 9.04 Å². The van der Waals surface area contributed by atoms with Gasteiger partial charge in [0.1, 0.15) is 5.75 Å². The van der Waals surface area contributed by atoms with Crippen molar-refractivity contribution in [2.24, 2.45) is 0 Å². The van der Waals surface area contributed by atoms with Crippen LogP contribution in [0.5, 0.6) is 5.75 Å². The summed E-state index contributed by atoms with van der Waals surface area (Å²) in [6, 6.07) is 13.0. The van der Waals surface area contributed by atoms with Gasteiger partial charge in [-0.3, -0.25) is 0 Å². The Labute approximate surface area is 114 Å². The van der Waals surface area contributed by atoms with Gasteiger partial charge in [0.05, 0.1) is 0 Å². The summed E-state index contributed by atoms with van der Waals surface area (Å²) in [4.78, 5) is 0. The Bertz CT molecular complexity index is 276. The number of para-hydroxylation sites is 1. The smallest absolute Gasteiger partial charge is 0.280 e. The van der Waals surface area contributed by atoms with Crippen LogP contribution in [0.3, 0.4) is 0 Å². The molecule has 0 aliphatic rings. The molecule has 0 amide bonds. The molecule has 1 aromatic rings. The van der Waals surface area contributed by atoms with Crippen molar-refractivity contribution >= 4 is 9.04 Å². The van der Waals surface area contributed by atoms with Gasteiger partial charge in [-0.2, -0.15) is 0 Å². The molecule has 2 heteroatoms. The molecule has 0 unspecified atom stereocenters. The first-order valence-corrected chi connectivity index (χ1v) is 9.26. The van der Waals surface area contributed by atoms with Crippen LogP contribution in [0.4, 0.5) is 0 Å². The fourth-order valence-corrected chi connectivity index (χ4v) is 4.24. The van der Waals surface area contributed by atoms with Crippen molar-refractivity contribution in [1.82, 2.24) is 0 Å². The molecule has 0 saturated heterocycles. The highest BCUT2D eigenvalue weighted by molar-refractivity contribution is 6.52. The summed E-state index contributed by atoms with van der Waals surface area (Å²) in [6.07, 6.45) is 7.97. The molecule has 1 aromatic carbocycles. The zero-order valence-electron chi connectivity index (χ0n) is 12.0. The van der Waals surface area contributed by atoms with Crippen LogP contribution in [-0.2, 0) is 0 Å². The third-order valence-corrected chi connectivity index (χ3v) is 5.47. The van der Waals surface area contributed by atoms with Gasteiger partial charge in [-0.1, -0.05) is 70.6 Å². The van der Waals surface area contributed by atoms with Crippen LogP contribution in [0.15, 0.2) is 30.3 Å². The first-order valence-electron chi connectivity index (χ1n) is 7.44. The maximum Gasteiger partial charge on any atom is 0.280 e. The maximum absolute atomic E-state index is 6.21. The van der Waals surface area contributed by atoms with Crippen LogP contribution < -0.4 is 4.43 Å². The lowest BCUT2D eigenvalue weighted by molar-refractivity contribution is 0.549. The van der Waals surface area contributed by atoms with Gasteiger partial charge in [-0.15, -0.1) is 0 Å². The fraction of sp³-hybridized carbons (Fsp3) is 0.625. The quantitative estimate of drug-likeness (QED) is 0.403. The topological polar surface area (TPSA) is 9.23 Å². The average Bonchev–Trinajstić information content (AvgIpc) is 2.40. The summed E-state index contributed by atoms with van der Waals surface area (Å²) >= 11 is 0. The summed E-state index contributed by atoms with van der Waals surface area (Å²) in [5.74, 6) is 1.07. The standard InChI is InChI=1S/C16H27OSi/c1-3-5-10-14-18(15-11-6-4-2)17-16-12-8-7-9-13-16/h7-9,12-13H,3-6,10-11,14-15H2,1-2H3. The van der Waals surface area contributed by atoms with Crippen molar-refractivity contribution in [1.29, 1.82) is 0 Å². The second-order valence-corrected chi connectivity index (χ2v) is 7.15. The largest absolute Gasteiger partial charge is 0.542 e. The average molecular weight is 263 g/mol. The molecule has 0 atom stereocenters. The highest BCUT2D eigenvalue weighted by Gasteiger charge is 2.14. The minimum atomic E-state index is -0.642. The van der Waals surface area contributed by atoms with E-state index in [1.165, 1.54) is 50.6 Å². The van der Waals surface area contributed by atoms with E-state index >= 15 is 0 Å². The van der Waals surface area contributed by atoms with E-state index in [9.17, 15) is 0 Å². The Morgan fingerprint density at radius 1 is 0.833 bits per heavy atom. The van der Waals surface area contributed by atoms with E-state index < -0.39 is 9.04 Å². The molecule has 0 bridgehead atoms. The van der Waals surface area contributed by atoms with E-state index in [1.54, 1.807) is 0 Å². The monoisotopic (exact) mass is 263 g/mol. The van der Waals surface area contributed by atoms with Crippen LogP contribution >= 0.6 is 0 Å². The molecule has 0 saturated carbocycles. The van der Waals surface area contributed by atoms with E-state index in [0.29, 0.717) is 0 Å². The van der Waals surface area contributed by atoms with Crippen molar-refractivity contribution in [2.45, 2.75) is 64.5 Å². The molecule has 0 aliphatic carbocycles. The molecule has 18 heavy (non-hydrogen) atoms. The third-order valence-electron chi connectivity index (χ3n) is 3.12. The summed E-state index contributed by atoms with van der Waals surface area (Å²) in [5.41, 5.74) is 0. The first-order chi connectivity index (χ1) is 8.86. The number of unbranched alkanes of at least 4 members (excludes halogenated alkanes) is 4. The predicted molar refractivity (Wildman–Crippen MR) is 81.5 cm³/mol. The van der Waals surface area contributed by atoms with Crippen molar-refractivity contribution in [2.75, 3.05) is 0 Å². The van der Waals surface area contributed by atoms with E-state index in [0.717, 1.165) is 5.75 Å². The van der Waals surface area contributed by atoms with Gasteiger partial charge in [-0.25, -0.2) is 0 Å². The van der Waals surface area contributed by atoms with Crippen LogP contribution in [0, 0.1) is 0 Å². The van der Waals surface area contributed by atoms with Crippen molar-refractivity contribution in [3.05, 3.63) is 30.3 Å². The molecule has 1 rings (SSSR count). The van der Waals surface area contributed by atoms with Crippen LogP contribution in [0.25, 0.3) is 0 Å². The van der Waals surface area contributed by atoms with E-state index in [2.05, 4.69) is 38.1 Å². The van der Waals surface area contributed by atoms with Gasteiger partial charge in [0.2, 0.25) is 0 Å². The molecule has 0 aromatic heterocycles. The summed E-state index contributed by atoms with van der Waals surface area (Å²) < 4.78 is 6.21. The van der Waals surface area contributed by atoms with Crippen LogP contribution in [-0.4, -0.2) is 9.04 Å². The lowest BCUT2D eigenvalue weighted by atomic mass is 10.3. The number of rotatable bonds is 10. The van der Waals surface area contributed by atoms with Gasteiger partial charge < -0.3 is 4.43 Å². The number of benzene rings is 1. The number of hydrogen-bond donors (Lipinski definition) is 0. The summed E-state index contributed by atoms with van der Waals surface area (Å²) in [5, 5.41) is 0. The second kappa shape index (κ2) is 10.2. The van der Waals surface area contributed by atoms with E-state index in [-0.39, 0.29) is 0 Å². The molecule has 1 radical (unpaired) electrons. The molecule has 0 N–H and O–H groups in total. The summed E-state index contributed by atoms with van der Waals surface area (Å²) in [6.45, 7) is 4.53. The predicted octanol–water partition coefficient (Wildman–Crippen LogP) is 5.44. The highest BCUT2D eigenvalue weighted by Crippen LogP contribution is 2.17. The van der Waals surface area contributed by atoms with Crippen molar-refractivity contribution in [3.63, 3.8) is 0 Å². The number of hydrogen-bond acceptors (Lipinski definition) is 1. The molecule has 1 nitrogen and oxygen atoms in total. The summed E-state index contributed by atoms with van der Waals surface area (Å²) in [7, 11) is -0.642. The highest BCUT2D eigenvalue weighted by atomic mass is 28.3. The molecule has 0 aliphatic heterocycles. The SMILES string of the molecule is CCCCC[Si](CCCCC)Oc1ccccc1. The van der Waals surface area contributed by atoms with Gasteiger partial charge in [0, 0.05) is 0 Å². The molecule has 101 valence electrons. The molecule has 0 heterocycles. The first kappa shape index (κ1) is 15.3. The minimum Gasteiger partial charge on any atom is -0.542 e. The second-order valence-electron chi connectivity index (χ2n) is 4.87.